The average Bonchev–Trinajstić information content (AvgIpc) is 3.17. The van der Waals surface area contributed by atoms with E-state index < -0.39 is 5.54 Å². The van der Waals surface area contributed by atoms with Crippen molar-refractivity contribution in [1.29, 1.82) is 5.26 Å². The number of carbonyl (C=O) groups is 1. The van der Waals surface area contributed by atoms with Crippen molar-refractivity contribution in [1.82, 2.24) is 9.88 Å². The van der Waals surface area contributed by atoms with Gasteiger partial charge in [-0.05, 0) is 86.7 Å². The number of benzene rings is 3. The Morgan fingerprint density at radius 3 is 2.60 bits per heavy atom. The number of carbonyl (C=O) groups excluding carboxylic acids is 1. The fourth-order valence-electron chi connectivity index (χ4n) is 6.29. The first-order chi connectivity index (χ1) is 19.4. The summed E-state index contributed by atoms with van der Waals surface area (Å²) in [6.45, 7) is 5.92. The standard InChI is InChI=1S/C34H36N4O2/c1-34(2,22-36-26-15-12-23(21-35)13-16-26)37-33(39)25-14-17-27-29(20-25)38-18-19-40-30-11-7-6-10-28(30)32(38)31(27)24-8-4-3-5-9-24/h6-7,10-17,20,24,36H,3-5,8-9,18-19,22H2,1-2H3,(H,37,39). The van der Waals surface area contributed by atoms with Gasteiger partial charge in [0.15, 0.2) is 0 Å². The van der Waals surface area contributed by atoms with Gasteiger partial charge in [0.2, 0.25) is 0 Å². The summed E-state index contributed by atoms with van der Waals surface area (Å²) >= 11 is 0. The smallest absolute Gasteiger partial charge is 0.251 e. The maximum absolute atomic E-state index is 13.5. The van der Waals surface area contributed by atoms with Gasteiger partial charge in [-0.15, -0.1) is 0 Å². The first-order valence-corrected chi connectivity index (χ1v) is 14.4. The number of anilines is 1. The Morgan fingerprint density at radius 1 is 1.05 bits per heavy atom. The van der Waals surface area contributed by atoms with Crippen molar-refractivity contribution in [2.75, 3.05) is 18.5 Å². The van der Waals surface area contributed by atoms with Gasteiger partial charge in [-0.2, -0.15) is 5.26 Å². The Hall–Kier alpha value is -4.24. The molecule has 1 aromatic heterocycles. The molecule has 0 radical (unpaired) electrons. The van der Waals surface area contributed by atoms with E-state index in [2.05, 4.69) is 51.6 Å². The van der Waals surface area contributed by atoms with Gasteiger partial charge in [0.1, 0.15) is 12.4 Å². The number of amides is 1. The van der Waals surface area contributed by atoms with Crippen molar-refractivity contribution < 1.29 is 9.53 Å². The summed E-state index contributed by atoms with van der Waals surface area (Å²) in [7, 11) is 0. The van der Waals surface area contributed by atoms with E-state index in [1.807, 2.05) is 38.1 Å². The SMILES string of the molecule is CC(C)(CNc1ccc(C#N)cc1)NC(=O)c1ccc2c(C3CCCCC3)c3n(c2c1)CCOc1ccccc1-3. The predicted molar refractivity (Wildman–Crippen MR) is 160 cm³/mol. The van der Waals surface area contributed by atoms with E-state index in [0.29, 0.717) is 30.2 Å². The normalized spacial score (nSPS) is 15.3. The largest absolute Gasteiger partial charge is 0.491 e. The Kier molecular flexibility index (Phi) is 6.98. The number of nitrogens with one attached hydrogen (secondary N) is 2. The van der Waals surface area contributed by atoms with E-state index in [1.165, 1.54) is 48.7 Å². The zero-order valence-electron chi connectivity index (χ0n) is 23.3. The lowest BCUT2D eigenvalue weighted by Gasteiger charge is -2.27. The summed E-state index contributed by atoms with van der Waals surface area (Å²) in [5.74, 6) is 1.37. The lowest BCUT2D eigenvalue weighted by molar-refractivity contribution is 0.0917. The Morgan fingerprint density at radius 2 is 1.82 bits per heavy atom. The minimum absolute atomic E-state index is 0.0893. The van der Waals surface area contributed by atoms with Crippen LogP contribution in [-0.2, 0) is 6.54 Å². The Bertz CT molecular complexity index is 1590. The zero-order valence-corrected chi connectivity index (χ0v) is 23.3. The van der Waals surface area contributed by atoms with E-state index in [9.17, 15) is 4.79 Å². The zero-order chi connectivity index (χ0) is 27.7. The van der Waals surface area contributed by atoms with Gasteiger partial charge in [-0.3, -0.25) is 4.79 Å². The molecule has 6 nitrogen and oxygen atoms in total. The molecule has 1 saturated carbocycles. The van der Waals surface area contributed by atoms with E-state index >= 15 is 0 Å². The third kappa shape index (κ3) is 5.04. The van der Waals surface area contributed by atoms with E-state index in [1.54, 1.807) is 12.1 Å². The number of aromatic nitrogens is 1. The van der Waals surface area contributed by atoms with Crippen LogP contribution in [0.2, 0.25) is 0 Å². The second kappa shape index (κ2) is 10.7. The van der Waals surface area contributed by atoms with Crippen LogP contribution in [0.15, 0.2) is 66.7 Å². The molecule has 4 aromatic rings. The van der Waals surface area contributed by atoms with Gasteiger partial charge in [-0.25, -0.2) is 0 Å². The van der Waals surface area contributed by atoms with Gasteiger partial charge < -0.3 is 19.9 Å². The van der Waals surface area contributed by atoms with Crippen molar-refractivity contribution in [2.45, 2.75) is 64.0 Å². The van der Waals surface area contributed by atoms with Crippen molar-refractivity contribution in [3.63, 3.8) is 0 Å². The van der Waals surface area contributed by atoms with Crippen LogP contribution in [0.4, 0.5) is 5.69 Å². The van der Waals surface area contributed by atoms with Crippen molar-refractivity contribution >= 4 is 22.5 Å². The van der Waals surface area contributed by atoms with Gasteiger partial charge in [0.05, 0.1) is 29.4 Å². The summed E-state index contributed by atoms with van der Waals surface area (Å²) in [6, 6.07) is 24.1. The molecule has 0 atom stereocenters. The van der Waals surface area contributed by atoms with Crippen LogP contribution < -0.4 is 15.4 Å². The molecule has 0 spiro atoms. The van der Waals surface area contributed by atoms with Crippen LogP contribution in [0.25, 0.3) is 22.2 Å². The fraction of sp³-hybridized carbons (Fsp3) is 0.353. The predicted octanol–water partition coefficient (Wildman–Crippen LogP) is 7.24. The van der Waals surface area contributed by atoms with Crippen LogP contribution in [0.3, 0.4) is 0 Å². The monoisotopic (exact) mass is 532 g/mol. The molecule has 0 bridgehead atoms. The van der Waals surface area contributed by atoms with E-state index in [0.717, 1.165) is 29.1 Å². The lowest BCUT2D eigenvalue weighted by Crippen LogP contribution is -2.48. The molecule has 2 heterocycles. The number of hydrogen-bond acceptors (Lipinski definition) is 4. The number of rotatable bonds is 6. The molecule has 40 heavy (non-hydrogen) atoms. The lowest BCUT2D eigenvalue weighted by atomic mass is 9.81. The van der Waals surface area contributed by atoms with E-state index in [-0.39, 0.29) is 5.91 Å². The number of fused-ring (bicyclic) bond motifs is 5. The first-order valence-electron chi connectivity index (χ1n) is 14.4. The summed E-state index contributed by atoms with van der Waals surface area (Å²) in [6.07, 6.45) is 6.25. The maximum Gasteiger partial charge on any atom is 0.251 e. The number of hydrogen-bond donors (Lipinski definition) is 2. The number of ether oxygens (including phenoxy) is 1. The average molecular weight is 533 g/mol. The molecule has 2 aliphatic rings. The molecule has 1 amide bonds. The summed E-state index contributed by atoms with van der Waals surface area (Å²) in [5.41, 5.74) is 6.65. The van der Waals surface area contributed by atoms with Crippen molar-refractivity contribution in [3.8, 4) is 23.1 Å². The highest BCUT2D eigenvalue weighted by Crippen LogP contribution is 2.47. The highest BCUT2D eigenvalue weighted by atomic mass is 16.5. The van der Waals surface area contributed by atoms with Crippen molar-refractivity contribution in [3.05, 3.63) is 83.4 Å². The molecule has 2 N–H and O–H groups in total. The minimum Gasteiger partial charge on any atom is -0.491 e. The highest BCUT2D eigenvalue weighted by molar-refractivity contribution is 6.01. The second-order valence-corrected chi connectivity index (χ2v) is 11.7. The van der Waals surface area contributed by atoms with Gasteiger partial charge >= 0.3 is 0 Å². The van der Waals surface area contributed by atoms with E-state index in [4.69, 9.17) is 10.00 Å². The van der Waals surface area contributed by atoms with Gasteiger partial charge in [0, 0.05) is 34.3 Å². The summed E-state index contributed by atoms with van der Waals surface area (Å²) < 4.78 is 8.57. The number of nitrogens with zero attached hydrogens (tertiary/aromatic N) is 2. The summed E-state index contributed by atoms with van der Waals surface area (Å²) in [5, 5.41) is 16.9. The van der Waals surface area contributed by atoms with Gasteiger partial charge in [0.25, 0.3) is 5.91 Å². The maximum atomic E-state index is 13.5. The first kappa shape index (κ1) is 26.0. The van der Waals surface area contributed by atoms with Crippen molar-refractivity contribution in [2.24, 2.45) is 0 Å². The molecule has 1 fully saturated rings. The van der Waals surface area contributed by atoms with Crippen LogP contribution in [0.1, 0.15) is 73.4 Å². The molecule has 3 aromatic carbocycles. The topological polar surface area (TPSA) is 79.1 Å². The quantitative estimate of drug-likeness (QED) is 0.274. The summed E-state index contributed by atoms with van der Waals surface area (Å²) in [4.78, 5) is 13.5. The molecular formula is C34H36N4O2. The minimum atomic E-state index is -0.490. The molecular weight excluding hydrogens is 496 g/mol. The highest BCUT2D eigenvalue weighted by Gasteiger charge is 2.30. The molecule has 6 rings (SSSR count). The van der Waals surface area contributed by atoms with Gasteiger partial charge in [-0.1, -0.05) is 37.5 Å². The third-order valence-corrected chi connectivity index (χ3v) is 8.29. The molecule has 0 unspecified atom stereocenters. The molecule has 1 aliphatic heterocycles. The van der Waals surface area contributed by atoms with Crippen LogP contribution in [0, 0.1) is 11.3 Å². The number of nitriles is 1. The molecule has 0 saturated heterocycles. The van der Waals surface area contributed by atoms with Crippen LogP contribution >= 0.6 is 0 Å². The second-order valence-electron chi connectivity index (χ2n) is 11.7. The Balaban J connectivity index is 1.32. The van der Waals surface area contributed by atoms with Crippen LogP contribution in [0.5, 0.6) is 5.75 Å². The third-order valence-electron chi connectivity index (χ3n) is 8.29. The Labute approximate surface area is 236 Å². The number of para-hydroxylation sites is 1. The molecule has 1 aliphatic carbocycles. The van der Waals surface area contributed by atoms with Crippen LogP contribution in [-0.4, -0.2) is 29.2 Å². The molecule has 204 valence electrons. The fourth-order valence-corrected chi connectivity index (χ4v) is 6.29. The molecule has 6 heteroatoms.